The van der Waals surface area contributed by atoms with Crippen LogP contribution in [-0.2, 0) is 12.7 Å². The van der Waals surface area contributed by atoms with Crippen LogP contribution in [0, 0.1) is 5.92 Å². The van der Waals surface area contributed by atoms with Gasteiger partial charge in [0.15, 0.2) is 5.96 Å². The summed E-state index contributed by atoms with van der Waals surface area (Å²) >= 11 is 0. The molecule has 1 unspecified atom stereocenters. The molecule has 1 aromatic carbocycles. The lowest BCUT2D eigenvalue weighted by Crippen LogP contribution is -2.41. The van der Waals surface area contributed by atoms with Gasteiger partial charge in [-0.05, 0) is 36.6 Å². The lowest BCUT2D eigenvalue weighted by atomic mass is 10.1. The molecule has 1 heterocycles. The number of guanidine groups is 1. The van der Waals surface area contributed by atoms with E-state index in [1.165, 1.54) is 17.0 Å². The van der Waals surface area contributed by atoms with Crippen molar-refractivity contribution in [2.24, 2.45) is 10.9 Å². The molecule has 4 nitrogen and oxygen atoms in total. The summed E-state index contributed by atoms with van der Waals surface area (Å²) in [7, 11) is 3.33. The van der Waals surface area contributed by atoms with Gasteiger partial charge in [-0.25, -0.2) is 0 Å². The van der Waals surface area contributed by atoms with Gasteiger partial charge in [0.1, 0.15) is 0 Å². The minimum atomic E-state index is -4.37. The summed E-state index contributed by atoms with van der Waals surface area (Å²) in [6.07, 6.45) is -7.90. The molecule has 0 bridgehead atoms. The summed E-state index contributed by atoms with van der Waals surface area (Å²) in [4.78, 5) is 7.28. The average molecular weight is 410 g/mol. The summed E-state index contributed by atoms with van der Waals surface area (Å²) in [6.45, 7) is 0.713. The number of halogens is 6. The van der Waals surface area contributed by atoms with Crippen LogP contribution in [0.4, 0.5) is 26.3 Å². The van der Waals surface area contributed by atoms with Gasteiger partial charge in [0.2, 0.25) is 0 Å². The van der Waals surface area contributed by atoms with Crippen molar-refractivity contribution in [2.75, 3.05) is 40.3 Å². The number of likely N-dealkylation sites (tertiary alicyclic amines) is 1. The molecule has 1 aliphatic heterocycles. The zero-order valence-electron chi connectivity index (χ0n) is 15.7. The third-order valence-electron chi connectivity index (χ3n) is 4.60. The van der Waals surface area contributed by atoms with Crippen LogP contribution in [0.2, 0.25) is 0 Å². The fourth-order valence-corrected chi connectivity index (χ4v) is 3.24. The molecule has 1 aromatic rings. The van der Waals surface area contributed by atoms with E-state index in [1.807, 2.05) is 0 Å². The van der Waals surface area contributed by atoms with Crippen LogP contribution >= 0.6 is 0 Å². The van der Waals surface area contributed by atoms with Crippen molar-refractivity contribution in [1.82, 2.24) is 15.1 Å². The second-order valence-corrected chi connectivity index (χ2v) is 6.98. The van der Waals surface area contributed by atoms with Crippen molar-refractivity contribution >= 4 is 5.96 Å². The fourth-order valence-electron chi connectivity index (χ4n) is 3.24. The first-order chi connectivity index (χ1) is 13.0. The van der Waals surface area contributed by atoms with Crippen molar-refractivity contribution in [3.63, 3.8) is 0 Å². The Morgan fingerprint density at radius 2 is 1.82 bits per heavy atom. The quantitative estimate of drug-likeness (QED) is 0.457. The third-order valence-corrected chi connectivity index (χ3v) is 4.60. The van der Waals surface area contributed by atoms with Crippen molar-refractivity contribution in [3.05, 3.63) is 35.4 Å². The standard InChI is InChI=1S/C18H24F6N4/c1-25-16(26-9-14-7-8-28(11-14)12-17(19,20)21)27(2)10-13-3-5-15(6-4-13)18(22,23)24/h3-6,14H,7-12H2,1-2H3,(H,25,26). The highest BCUT2D eigenvalue weighted by atomic mass is 19.4. The van der Waals surface area contributed by atoms with Crippen LogP contribution < -0.4 is 5.32 Å². The lowest BCUT2D eigenvalue weighted by Gasteiger charge is -2.24. The van der Waals surface area contributed by atoms with Crippen LogP contribution in [0.25, 0.3) is 0 Å². The Hall–Kier alpha value is -1.97. The highest BCUT2D eigenvalue weighted by Gasteiger charge is 2.34. The highest BCUT2D eigenvalue weighted by molar-refractivity contribution is 5.79. The van der Waals surface area contributed by atoms with Crippen molar-refractivity contribution in [1.29, 1.82) is 0 Å². The Labute approximate surface area is 160 Å². The van der Waals surface area contributed by atoms with Crippen molar-refractivity contribution < 1.29 is 26.3 Å². The number of rotatable bonds is 5. The SMILES string of the molecule is CN=C(NCC1CCN(CC(F)(F)F)C1)N(C)Cc1ccc(C(F)(F)F)cc1. The van der Waals surface area contributed by atoms with Crippen molar-refractivity contribution in [2.45, 2.75) is 25.3 Å². The number of aliphatic imine (C=N–C) groups is 1. The number of nitrogens with zero attached hydrogens (tertiary/aromatic N) is 3. The van der Waals surface area contributed by atoms with Gasteiger partial charge in [0.05, 0.1) is 12.1 Å². The van der Waals surface area contributed by atoms with E-state index in [4.69, 9.17) is 0 Å². The molecule has 158 valence electrons. The van der Waals surface area contributed by atoms with E-state index in [-0.39, 0.29) is 5.92 Å². The molecule has 0 aromatic heterocycles. The zero-order valence-corrected chi connectivity index (χ0v) is 15.7. The Kier molecular flexibility index (Phi) is 7.19. The normalized spacial score (nSPS) is 19.1. The predicted molar refractivity (Wildman–Crippen MR) is 94.9 cm³/mol. The maximum absolute atomic E-state index is 12.6. The smallest absolute Gasteiger partial charge is 0.356 e. The maximum Gasteiger partial charge on any atom is 0.416 e. The second kappa shape index (κ2) is 9.02. The van der Waals surface area contributed by atoms with Gasteiger partial charge in [0.25, 0.3) is 0 Å². The second-order valence-electron chi connectivity index (χ2n) is 6.98. The average Bonchev–Trinajstić information content (AvgIpc) is 3.00. The molecule has 1 atom stereocenters. The highest BCUT2D eigenvalue weighted by Crippen LogP contribution is 2.29. The molecular formula is C18H24F6N4. The first kappa shape index (κ1) is 22.3. The van der Waals surface area contributed by atoms with Crippen LogP contribution in [0.1, 0.15) is 17.5 Å². The molecule has 1 fully saturated rings. The predicted octanol–water partition coefficient (Wildman–Crippen LogP) is 3.60. The number of hydrogen-bond acceptors (Lipinski definition) is 2. The Morgan fingerprint density at radius 1 is 1.18 bits per heavy atom. The first-order valence-electron chi connectivity index (χ1n) is 8.85. The van der Waals surface area contributed by atoms with Crippen LogP contribution in [0.15, 0.2) is 29.3 Å². The molecule has 1 saturated heterocycles. The summed E-state index contributed by atoms with van der Waals surface area (Å²) in [5, 5.41) is 3.14. The Bertz CT molecular complexity index is 654. The van der Waals surface area contributed by atoms with Gasteiger partial charge in [-0.1, -0.05) is 12.1 Å². The zero-order chi connectivity index (χ0) is 20.9. The van der Waals surface area contributed by atoms with Gasteiger partial charge < -0.3 is 10.2 Å². The van der Waals surface area contributed by atoms with Gasteiger partial charge in [-0.15, -0.1) is 0 Å². The molecular weight excluding hydrogens is 386 g/mol. The van der Waals surface area contributed by atoms with E-state index in [1.54, 1.807) is 19.0 Å². The van der Waals surface area contributed by atoms with Crippen LogP contribution in [0.5, 0.6) is 0 Å². The van der Waals surface area contributed by atoms with Crippen LogP contribution in [-0.4, -0.2) is 62.2 Å². The number of alkyl halides is 6. The minimum Gasteiger partial charge on any atom is -0.356 e. The molecule has 0 amide bonds. The fraction of sp³-hybridized carbons (Fsp3) is 0.611. The molecule has 1 N–H and O–H groups in total. The summed E-state index contributed by atoms with van der Waals surface area (Å²) in [5.74, 6) is 0.618. The Balaban J connectivity index is 1.83. The minimum absolute atomic E-state index is 0.0820. The molecule has 0 radical (unpaired) electrons. The molecule has 0 aliphatic carbocycles. The van der Waals surface area contributed by atoms with E-state index in [2.05, 4.69) is 10.3 Å². The summed E-state index contributed by atoms with van der Waals surface area (Å²) in [5.41, 5.74) is -0.0123. The van der Waals surface area contributed by atoms with E-state index < -0.39 is 24.5 Å². The molecule has 10 heteroatoms. The monoisotopic (exact) mass is 410 g/mol. The number of benzene rings is 1. The van der Waals surface area contributed by atoms with E-state index in [0.29, 0.717) is 44.1 Å². The first-order valence-corrected chi connectivity index (χ1v) is 8.85. The van der Waals surface area contributed by atoms with Crippen LogP contribution in [0.3, 0.4) is 0 Å². The Morgan fingerprint density at radius 3 is 2.36 bits per heavy atom. The maximum atomic E-state index is 12.6. The molecule has 1 aliphatic rings. The van der Waals surface area contributed by atoms with Gasteiger partial charge >= 0.3 is 12.4 Å². The third kappa shape index (κ3) is 6.88. The lowest BCUT2D eigenvalue weighted by molar-refractivity contribution is -0.143. The number of nitrogens with one attached hydrogen (secondary N) is 1. The number of hydrogen-bond donors (Lipinski definition) is 1. The molecule has 28 heavy (non-hydrogen) atoms. The van der Waals surface area contributed by atoms with E-state index >= 15 is 0 Å². The van der Waals surface area contributed by atoms with E-state index in [0.717, 1.165) is 12.1 Å². The molecule has 2 rings (SSSR count). The van der Waals surface area contributed by atoms with Crippen molar-refractivity contribution in [3.8, 4) is 0 Å². The van der Waals surface area contributed by atoms with Gasteiger partial charge in [-0.3, -0.25) is 9.89 Å². The molecule has 0 spiro atoms. The summed E-state index contributed by atoms with van der Waals surface area (Å²) in [6, 6.07) is 4.90. The van der Waals surface area contributed by atoms with Gasteiger partial charge in [0, 0.05) is 33.7 Å². The van der Waals surface area contributed by atoms with Gasteiger partial charge in [-0.2, -0.15) is 26.3 Å². The molecule has 0 saturated carbocycles. The largest absolute Gasteiger partial charge is 0.416 e. The van der Waals surface area contributed by atoms with E-state index in [9.17, 15) is 26.3 Å². The summed E-state index contributed by atoms with van der Waals surface area (Å²) < 4.78 is 75.3. The topological polar surface area (TPSA) is 30.9 Å².